The van der Waals surface area contributed by atoms with Gasteiger partial charge in [0.05, 0.1) is 6.20 Å². The van der Waals surface area contributed by atoms with E-state index in [1.54, 1.807) is 6.20 Å². The Hall–Kier alpha value is -1.59. The molecule has 20 heavy (non-hydrogen) atoms. The first-order valence-electron chi connectivity index (χ1n) is 6.44. The van der Waals surface area contributed by atoms with Crippen LogP contribution in [0.5, 0.6) is 11.5 Å². The average Bonchev–Trinajstić information content (AvgIpc) is 2.47. The van der Waals surface area contributed by atoms with Gasteiger partial charge in [-0.1, -0.05) is 15.9 Å². The fourth-order valence-electron chi connectivity index (χ4n) is 1.64. The molecule has 4 nitrogen and oxygen atoms in total. The third-order valence-electron chi connectivity index (χ3n) is 2.63. The molecule has 2 rings (SSSR count). The van der Waals surface area contributed by atoms with E-state index in [0.29, 0.717) is 19.8 Å². The predicted molar refractivity (Wildman–Crippen MR) is 82.1 cm³/mol. The molecule has 0 saturated carbocycles. The van der Waals surface area contributed by atoms with Crippen molar-refractivity contribution < 1.29 is 9.47 Å². The van der Waals surface area contributed by atoms with Gasteiger partial charge >= 0.3 is 0 Å². The van der Waals surface area contributed by atoms with Gasteiger partial charge in [-0.3, -0.25) is 4.98 Å². The van der Waals surface area contributed by atoms with E-state index in [2.05, 4.69) is 20.9 Å². The van der Waals surface area contributed by atoms with Crippen molar-refractivity contribution in [1.82, 2.24) is 4.98 Å². The molecule has 2 aromatic rings. The van der Waals surface area contributed by atoms with Crippen LogP contribution in [0.4, 0.5) is 0 Å². The van der Waals surface area contributed by atoms with Gasteiger partial charge in [0.2, 0.25) is 0 Å². The van der Waals surface area contributed by atoms with Crippen molar-refractivity contribution in [2.24, 2.45) is 5.73 Å². The number of benzene rings is 1. The van der Waals surface area contributed by atoms with Gasteiger partial charge in [0.1, 0.15) is 24.7 Å². The highest BCUT2D eigenvalue weighted by molar-refractivity contribution is 9.10. The molecule has 106 valence electrons. The summed E-state index contributed by atoms with van der Waals surface area (Å²) in [6, 6.07) is 11.5. The molecule has 0 unspecified atom stereocenters. The number of nitrogens with zero attached hydrogens (tertiary/aromatic N) is 1. The Balaban J connectivity index is 1.71. The van der Waals surface area contributed by atoms with Crippen molar-refractivity contribution in [1.29, 1.82) is 0 Å². The Labute approximate surface area is 127 Å². The first-order chi connectivity index (χ1) is 9.78. The fourth-order valence-corrected chi connectivity index (χ4v) is 1.91. The smallest absolute Gasteiger partial charge is 0.137 e. The largest absolute Gasteiger partial charge is 0.490 e. The molecule has 2 N–H and O–H groups in total. The minimum Gasteiger partial charge on any atom is -0.490 e. The molecule has 0 spiro atoms. The van der Waals surface area contributed by atoms with Gasteiger partial charge in [-0.05, 0) is 42.9 Å². The van der Waals surface area contributed by atoms with Crippen molar-refractivity contribution in [2.75, 3.05) is 19.8 Å². The normalized spacial score (nSPS) is 10.3. The van der Waals surface area contributed by atoms with E-state index in [9.17, 15) is 0 Å². The number of nitrogens with two attached hydrogens (primary N) is 1. The second kappa shape index (κ2) is 7.87. The molecular formula is C15H17BrN2O2. The molecule has 0 radical (unpaired) electrons. The lowest BCUT2D eigenvalue weighted by molar-refractivity contribution is 0.216. The number of halogens is 1. The summed E-state index contributed by atoms with van der Waals surface area (Å²) >= 11 is 3.38. The van der Waals surface area contributed by atoms with Gasteiger partial charge in [-0.25, -0.2) is 0 Å². The van der Waals surface area contributed by atoms with Crippen molar-refractivity contribution in [3.63, 3.8) is 0 Å². The summed E-state index contributed by atoms with van der Waals surface area (Å²) in [7, 11) is 0. The van der Waals surface area contributed by atoms with Crippen LogP contribution in [0.25, 0.3) is 0 Å². The number of pyridine rings is 1. The van der Waals surface area contributed by atoms with Crippen molar-refractivity contribution in [3.8, 4) is 11.5 Å². The molecule has 0 aliphatic carbocycles. The van der Waals surface area contributed by atoms with Gasteiger partial charge < -0.3 is 15.2 Å². The van der Waals surface area contributed by atoms with Gasteiger partial charge in [-0.15, -0.1) is 0 Å². The van der Waals surface area contributed by atoms with Crippen LogP contribution in [0, 0.1) is 0 Å². The van der Waals surface area contributed by atoms with Crippen molar-refractivity contribution in [3.05, 3.63) is 52.8 Å². The molecular weight excluding hydrogens is 320 g/mol. The lowest BCUT2D eigenvalue weighted by Gasteiger charge is -2.08. The lowest BCUT2D eigenvalue weighted by atomic mass is 10.3. The number of rotatable bonds is 7. The average molecular weight is 337 g/mol. The third kappa shape index (κ3) is 4.83. The molecule has 0 amide bonds. The lowest BCUT2D eigenvalue weighted by Crippen LogP contribution is -2.09. The van der Waals surface area contributed by atoms with E-state index < -0.39 is 0 Å². The highest BCUT2D eigenvalue weighted by Crippen LogP contribution is 2.16. The van der Waals surface area contributed by atoms with Gasteiger partial charge in [0.15, 0.2) is 0 Å². The minimum absolute atomic E-state index is 0.480. The third-order valence-corrected chi connectivity index (χ3v) is 3.16. The Morgan fingerprint density at radius 3 is 2.20 bits per heavy atom. The molecule has 5 heteroatoms. The Kier molecular flexibility index (Phi) is 5.83. The molecule has 0 saturated heterocycles. The van der Waals surface area contributed by atoms with Crippen molar-refractivity contribution >= 4 is 15.9 Å². The molecule has 1 heterocycles. The number of aromatic nitrogens is 1. The second-order valence-electron chi connectivity index (χ2n) is 4.17. The van der Waals surface area contributed by atoms with Crippen LogP contribution < -0.4 is 15.2 Å². The first kappa shape index (κ1) is 14.8. The zero-order valence-corrected chi connectivity index (χ0v) is 12.7. The van der Waals surface area contributed by atoms with Crippen LogP contribution in [-0.4, -0.2) is 24.7 Å². The summed E-state index contributed by atoms with van der Waals surface area (Å²) in [4.78, 5) is 4.26. The summed E-state index contributed by atoms with van der Waals surface area (Å²) < 4.78 is 12.2. The minimum atomic E-state index is 0.480. The van der Waals surface area contributed by atoms with Crippen LogP contribution >= 0.6 is 15.9 Å². The van der Waals surface area contributed by atoms with E-state index in [4.69, 9.17) is 15.2 Å². The van der Waals surface area contributed by atoms with E-state index in [1.807, 2.05) is 36.4 Å². The highest BCUT2D eigenvalue weighted by atomic mass is 79.9. The molecule has 1 aromatic carbocycles. The Morgan fingerprint density at radius 1 is 0.950 bits per heavy atom. The Morgan fingerprint density at radius 2 is 1.60 bits per heavy atom. The highest BCUT2D eigenvalue weighted by Gasteiger charge is 1.98. The topological polar surface area (TPSA) is 57.4 Å². The number of hydrogen-bond donors (Lipinski definition) is 1. The van der Waals surface area contributed by atoms with Gasteiger partial charge in [-0.2, -0.15) is 0 Å². The van der Waals surface area contributed by atoms with Gasteiger partial charge in [0.25, 0.3) is 0 Å². The second-order valence-corrected chi connectivity index (χ2v) is 5.09. The van der Waals surface area contributed by atoms with Crippen LogP contribution in [-0.2, 0) is 6.42 Å². The van der Waals surface area contributed by atoms with Crippen LogP contribution in [0.2, 0.25) is 0 Å². The van der Waals surface area contributed by atoms with E-state index >= 15 is 0 Å². The van der Waals surface area contributed by atoms with E-state index in [1.165, 1.54) is 0 Å². The summed E-state index contributed by atoms with van der Waals surface area (Å²) in [6.45, 7) is 1.58. The molecule has 0 bridgehead atoms. The molecule has 0 atom stereocenters. The van der Waals surface area contributed by atoms with Gasteiger partial charge in [0, 0.05) is 16.6 Å². The van der Waals surface area contributed by atoms with Crippen LogP contribution in [0.1, 0.15) is 5.69 Å². The van der Waals surface area contributed by atoms with Crippen LogP contribution in [0.15, 0.2) is 47.1 Å². The summed E-state index contributed by atoms with van der Waals surface area (Å²) in [5.41, 5.74) is 6.45. The zero-order chi connectivity index (χ0) is 14.2. The maximum atomic E-state index is 5.56. The summed E-state index contributed by atoms with van der Waals surface area (Å²) in [5.74, 6) is 1.57. The van der Waals surface area contributed by atoms with E-state index in [0.717, 1.165) is 28.1 Å². The first-order valence-corrected chi connectivity index (χ1v) is 7.23. The maximum Gasteiger partial charge on any atom is 0.137 e. The predicted octanol–water partition coefficient (Wildman–Crippen LogP) is 2.80. The maximum absolute atomic E-state index is 5.56. The number of ether oxygens (including phenoxy) is 2. The molecule has 1 aromatic heterocycles. The molecule has 0 aliphatic heterocycles. The SMILES string of the molecule is NCCc1ccc(OCCOc2ccc(Br)cc2)cn1. The summed E-state index contributed by atoms with van der Waals surface area (Å²) in [5, 5.41) is 0. The monoisotopic (exact) mass is 336 g/mol. The number of hydrogen-bond acceptors (Lipinski definition) is 4. The Bertz CT molecular complexity index is 514. The summed E-state index contributed by atoms with van der Waals surface area (Å²) in [6.07, 6.45) is 2.50. The quantitative estimate of drug-likeness (QED) is 0.790. The standard InChI is InChI=1S/C15H17BrN2O2/c16-12-1-4-14(5-2-12)19-9-10-20-15-6-3-13(7-8-17)18-11-15/h1-6,11H,7-10,17H2. The molecule has 0 aliphatic rings. The van der Waals surface area contributed by atoms with Crippen molar-refractivity contribution in [2.45, 2.75) is 6.42 Å². The fraction of sp³-hybridized carbons (Fsp3) is 0.267. The zero-order valence-electron chi connectivity index (χ0n) is 11.1. The van der Waals surface area contributed by atoms with Crippen LogP contribution in [0.3, 0.4) is 0 Å². The molecule has 0 fully saturated rings. The van der Waals surface area contributed by atoms with E-state index in [-0.39, 0.29) is 0 Å².